The first-order valence-electron chi connectivity index (χ1n) is 9.75. The number of halogens is 2. The second-order valence-electron chi connectivity index (χ2n) is 7.55. The number of nitro benzene ring substituents is 1. The molecule has 1 fully saturated rings. The lowest BCUT2D eigenvalue weighted by Gasteiger charge is -2.36. The van der Waals surface area contributed by atoms with Crippen molar-refractivity contribution < 1.29 is 14.1 Å². The first kappa shape index (κ1) is 22.0. The number of hydrogen-bond acceptors (Lipinski definition) is 5. The number of amides is 1. The number of nitro groups is 1. The summed E-state index contributed by atoms with van der Waals surface area (Å²) < 4.78 is 14.0. The number of nitrogens with one attached hydrogen (secondary N) is 1. The van der Waals surface area contributed by atoms with E-state index in [-0.39, 0.29) is 29.0 Å². The van der Waals surface area contributed by atoms with Crippen LogP contribution >= 0.6 is 11.6 Å². The monoisotopic (exact) mass is 434 g/mol. The van der Waals surface area contributed by atoms with E-state index in [9.17, 15) is 19.3 Å². The normalized spacial score (nSPS) is 14.8. The molecule has 7 nitrogen and oxygen atoms in total. The van der Waals surface area contributed by atoms with Crippen LogP contribution in [0.15, 0.2) is 36.4 Å². The fourth-order valence-electron chi connectivity index (χ4n) is 3.48. The summed E-state index contributed by atoms with van der Waals surface area (Å²) in [5.74, 6) is -0.679. The number of carbonyl (C=O) groups is 1. The molecule has 3 rings (SSSR count). The van der Waals surface area contributed by atoms with Crippen LogP contribution in [0.1, 0.15) is 29.8 Å². The molecule has 1 amide bonds. The molecule has 0 atom stereocenters. The van der Waals surface area contributed by atoms with Crippen molar-refractivity contribution in [3.05, 3.63) is 68.5 Å². The van der Waals surface area contributed by atoms with Crippen LogP contribution < -0.4 is 10.2 Å². The summed E-state index contributed by atoms with van der Waals surface area (Å²) in [4.78, 5) is 27.3. The average Bonchev–Trinajstić information content (AvgIpc) is 2.70. The SMILES string of the molecule is CC(C)NC(=O)c1ccc(N2CCN(Cc3c(F)cccc3Cl)CC2)c([N+](=O)[O-])c1. The minimum Gasteiger partial charge on any atom is -0.363 e. The summed E-state index contributed by atoms with van der Waals surface area (Å²) in [6.45, 7) is 6.35. The third-order valence-electron chi connectivity index (χ3n) is 5.01. The van der Waals surface area contributed by atoms with Gasteiger partial charge in [0.2, 0.25) is 0 Å². The molecule has 1 aliphatic rings. The van der Waals surface area contributed by atoms with Crippen molar-refractivity contribution in [2.75, 3.05) is 31.1 Å². The van der Waals surface area contributed by atoms with E-state index in [1.807, 2.05) is 18.7 Å². The number of nitrogens with zero attached hydrogens (tertiary/aromatic N) is 3. The maximum Gasteiger partial charge on any atom is 0.293 e. The highest BCUT2D eigenvalue weighted by Gasteiger charge is 2.26. The fourth-order valence-corrected chi connectivity index (χ4v) is 3.70. The lowest BCUT2D eigenvalue weighted by Crippen LogP contribution is -2.46. The molecule has 160 valence electrons. The molecule has 2 aromatic rings. The van der Waals surface area contributed by atoms with E-state index in [0.29, 0.717) is 49.0 Å². The summed E-state index contributed by atoms with van der Waals surface area (Å²) in [5.41, 5.74) is 1.09. The number of anilines is 1. The number of piperazine rings is 1. The Morgan fingerprint density at radius 3 is 2.53 bits per heavy atom. The molecule has 1 saturated heterocycles. The highest BCUT2D eigenvalue weighted by Crippen LogP contribution is 2.30. The van der Waals surface area contributed by atoms with E-state index >= 15 is 0 Å². The van der Waals surface area contributed by atoms with Crippen LogP contribution in [0.4, 0.5) is 15.8 Å². The van der Waals surface area contributed by atoms with Crippen LogP contribution in [0.25, 0.3) is 0 Å². The minimum atomic E-state index is -0.465. The van der Waals surface area contributed by atoms with E-state index in [4.69, 9.17) is 11.6 Å². The molecule has 9 heteroatoms. The van der Waals surface area contributed by atoms with Crippen molar-refractivity contribution in [3.63, 3.8) is 0 Å². The quantitative estimate of drug-likeness (QED) is 0.552. The van der Waals surface area contributed by atoms with E-state index in [1.165, 1.54) is 12.1 Å². The molecule has 0 aliphatic carbocycles. The number of benzene rings is 2. The Kier molecular flexibility index (Phi) is 6.89. The Morgan fingerprint density at radius 1 is 1.23 bits per heavy atom. The minimum absolute atomic E-state index is 0.0627. The van der Waals surface area contributed by atoms with Gasteiger partial charge in [0.1, 0.15) is 11.5 Å². The Balaban J connectivity index is 1.71. The van der Waals surface area contributed by atoms with Gasteiger partial charge in [0.15, 0.2) is 0 Å². The van der Waals surface area contributed by atoms with Gasteiger partial charge < -0.3 is 10.2 Å². The Hall–Kier alpha value is -2.71. The van der Waals surface area contributed by atoms with Crippen LogP contribution in [0, 0.1) is 15.9 Å². The molecule has 1 aliphatic heterocycles. The fraction of sp³-hybridized carbons (Fsp3) is 0.381. The molecule has 2 aromatic carbocycles. The zero-order valence-corrected chi connectivity index (χ0v) is 17.7. The molecule has 30 heavy (non-hydrogen) atoms. The van der Waals surface area contributed by atoms with E-state index in [1.54, 1.807) is 24.3 Å². The largest absolute Gasteiger partial charge is 0.363 e. The molecular weight excluding hydrogens is 411 g/mol. The summed E-state index contributed by atoms with van der Waals surface area (Å²) >= 11 is 6.12. The van der Waals surface area contributed by atoms with Crippen molar-refractivity contribution in [3.8, 4) is 0 Å². The van der Waals surface area contributed by atoms with Crippen molar-refractivity contribution in [2.24, 2.45) is 0 Å². The van der Waals surface area contributed by atoms with E-state index in [0.717, 1.165) is 0 Å². The van der Waals surface area contributed by atoms with Gasteiger partial charge in [-0.25, -0.2) is 4.39 Å². The lowest BCUT2D eigenvalue weighted by molar-refractivity contribution is -0.384. The molecule has 1 heterocycles. The Labute approximate surface area is 179 Å². The Morgan fingerprint density at radius 2 is 1.93 bits per heavy atom. The van der Waals surface area contributed by atoms with Gasteiger partial charge in [0, 0.05) is 61.0 Å². The lowest BCUT2D eigenvalue weighted by atomic mass is 10.1. The average molecular weight is 435 g/mol. The van der Waals surface area contributed by atoms with Crippen LogP contribution in [0.2, 0.25) is 5.02 Å². The molecule has 0 bridgehead atoms. The molecule has 1 N–H and O–H groups in total. The predicted octanol–water partition coefficient (Wildman–Crippen LogP) is 3.85. The number of hydrogen-bond donors (Lipinski definition) is 1. The maximum atomic E-state index is 14.0. The van der Waals surface area contributed by atoms with Crippen LogP contribution in [-0.2, 0) is 6.54 Å². The first-order chi connectivity index (χ1) is 14.3. The first-order valence-corrected chi connectivity index (χ1v) is 10.1. The summed E-state index contributed by atoms with van der Waals surface area (Å²) in [7, 11) is 0. The van der Waals surface area contributed by atoms with Crippen molar-refractivity contribution in [2.45, 2.75) is 26.4 Å². The standard InChI is InChI=1S/C21H24ClFN4O3/c1-14(2)24-21(28)15-6-7-19(20(12-15)27(29)30)26-10-8-25(9-11-26)13-16-17(22)4-3-5-18(16)23/h3-7,12,14H,8-11,13H2,1-2H3,(H,24,28). The molecule has 0 saturated carbocycles. The van der Waals surface area contributed by atoms with Crippen molar-refractivity contribution >= 4 is 28.9 Å². The molecular formula is C21H24ClFN4O3. The molecule has 0 unspecified atom stereocenters. The van der Waals surface area contributed by atoms with Gasteiger partial charge in [-0.05, 0) is 38.1 Å². The van der Waals surface area contributed by atoms with E-state index < -0.39 is 4.92 Å². The summed E-state index contributed by atoms with van der Waals surface area (Å²) in [6, 6.07) is 9.10. The number of carbonyl (C=O) groups excluding carboxylic acids is 1. The Bertz CT molecular complexity index is 926. The van der Waals surface area contributed by atoms with E-state index in [2.05, 4.69) is 10.2 Å². The zero-order valence-electron chi connectivity index (χ0n) is 16.9. The topological polar surface area (TPSA) is 78.7 Å². The molecule has 0 spiro atoms. The van der Waals surface area contributed by atoms with Gasteiger partial charge in [-0.15, -0.1) is 0 Å². The van der Waals surface area contributed by atoms with Crippen LogP contribution in [0.3, 0.4) is 0 Å². The molecule has 0 aromatic heterocycles. The highest BCUT2D eigenvalue weighted by atomic mass is 35.5. The smallest absolute Gasteiger partial charge is 0.293 e. The summed E-state index contributed by atoms with van der Waals surface area (Å²) in [6.07, 6.45) is 0. The zero-order chi connectivity index (χ0) is 21.8. The number of rotatable bonds is 6. The molecule has 0 radical (unpaired) electrons. The van der Waals surface area contributed by atoms with Gasteiger partial charge in [-0.2, -0.15) is 0 Å². The van der Waals surface area contributed by atoms with Gasteiger partial charge in [-0.3, -0.25) is 19.8 Å². The van der Waals surface area contributed by atoms with Gasteiger partial charge >= 0.3 is 0 Å². The predicted molar refractivity (Wildman–Crippen MR) is 115 cm³/mol. The van der Waals surface area contributed by atoms with Gasteiger partial charge in [0.05, 0.1) is 4.92 Å². The third kappa shape index (κ3) is 5.06. The third-order valence-corrected chi connectivity index (χ3v) is 5.36. The van der Waals surface area contributed by atoms with Crippen molar-refractivity contribution in [1.29, 1.82) is 0 Å². The van der Waals surface area contributed by atoms with Gasteiger partial charge in [-0.1, -0.05) is 17.7 Å². The summed E-state index contributed by atoms with van der Waals surface area (Å²) in [5, 5.41) is 14.8. The maximum absolute atomic E-state index is 14.0. The second-order valence-corrected chi connectivity index (χ2v) is 7.96. The second kappa shape index (κ2) is 9.40. The van der Waals surface area contributed by atoms with Gasteiger partial charge in [0.25, 0.3) is 11.6 Å². The highest BCUT2D eigenvalue weighted by molar-refractivity contribution is 6.31. The van der Waals surface area contributed by atoms with Crippen molar-refractivity contribution in [1.82, 2.24) is 10.2 Å². The van der Waals surface area contributed by atoms with Crippen LogP contribution in [0.5, 0.6) is 0 Å². The van der Waals surface area contributed by atoms with Crippen LogP contribution in [-0.4, -0.2) is 48.0 Å².